The van der Waals surface area contributed by atoms with Gasteiger partial charge in [-0.05, 0) is 110 Å². The summed E-state index contributed by atoms with van der Waals surface area (Å²) in [6.45, 7) is 8.18. The van der Waals surface area contributed by atoms with Crippen molar-refractivity contribution in [2.24, 2.45) is 17.8 Å². The normalized spacial score (nSPS) is 33.2. The van der Waals surface area contributed by atoms with Crippen LogP contribution in [0.1, 0.15) is 80.3 Å². The van der Waals surface area contributed by atoms with E-state index in [9.17, 15) is 14.1 Å². The molecule has 3 aliphatic heterocycles. The molecular weight excluding hydrogens is 656 g/mol. The van der Waals surface area contributed by atoms with Crippen LogP contribution in [-0.2, 0) is 17.4 Å². The van der Waals surface area contributed by atoms with Gasteiger partial charge in [0.2, 0.25) is 0 Å². The molecular formula is C36H47ClN2O4S3. The number of fused-ring (bicyclic) bond motifs is 2. The maximum absolute atomic E-state index is 13.4. The van der Waals surface area contributed by atoms with Crippen LogP contribution in [0.2, 0.25) is 5.02 Å². The van der Waals surface area contributed by atoms with Crippen LogP contribution in [0.4, 0.5) is 5.69 Å². The number of nitrogens with one attached hydrogen (secondary N) is 1. The van der Waals surface area contributed by atoms with Gasteiger partial charge in [0.25, 0.3) is 5.91 Å². The number of aliphatic hydroxyl groups is 1. The van der Waals surface area contributed by atoms with Crippen LogP contribution in [-0.4, -0.2) is 61.9 Å². The van der Waals surface area contributed by atoms with Crippen molar-refractivity contribution in [2.75, 3.05) is 36.1 Å². The van der Waals surface area contributed by atoms with Crippen LogP contribution in [0.15, 0.2) is 48.6 Å². The van der Waals surface area contributed by atoms with E-state index >= 15 is 0 Å². The maximum Gasteiger partial charge on any atom is 0.263 e. The van der Waals surface area contributed by atoms with Crippen LogP contribution in [0.5, 0.6) is 5.75 Å². The van der Waals surface area contributed by atoms with Gasteiger partial charge in [-0.15, -0.1) is 23.5 Å². The minimum Gasteiger partial charge on any atom is -0.491 e. The Morgan fingerprint density at radius 1 is 1.13 bits per heavy atom. The number of nitrogens with zero attached hydrogens (tertiary/aromatic N) is 1. The van der Waals surface area contributed by atoms with E-state index in [4.69, 9.17) is 16.3 Å². The number of halogens is 1. The van der Waals surface area contributed by atoms with Crippen molar-refractivity contribution in [2.45, 2.75) is 80.6 Å². The van der Waals surface area contributed by atoms with Crippen molar-refractivity contribution in [1.82, 2.24) is 4.72 Å². The highest BCUT2D eigenvalue weighted by Gasteiger charge is 2.51. The van der Waals surface area contributed by atoms with Gasteiger partial charge in [0, 0.05) is 29.6 Å². The van der Waals surface area contributed by atoms with Crippen molar-refractivity contribution in [3.8, 4) is 5.75 Å². The molecule has 2 fully saturated rings. The number of carbonyl (C=O) groups is 1. The summed E-state index contributed by atoms with van der Waals surface area (Å²) < 4.78 is 22.7. The van der Waals surface area contributed by atoms with E-state index < -0.39 is 16.6 Å². The third-order valence-electron chi connectivity index (χ3n) is 10.4. The van der Waals surface area contributed by atoms with Gasteiger partial charge < -0.3 is 14.7 Å². The monoisotopic (exact) mass is 702 g/mol. The number of hydrogen-bond acceptors (Lipinski definition) is 7. The lowest BCUT2D eigenvalue weighted by Gasteiger charge is -2.51. The third kappa shape index (κ3) is 7.19. The molecule has 1 amide bonds. The molecule has 4 aliphatic rings. The highest BCUT2D eigenvalue weighted by Crippen LogP contribution is 2.52. The summed E-state index contributed by atoms with van der Waals surface area (Å²) in [6, 6.07) is 11.8. The zero-order valence-corrected chi connectivity index (χ0v) is 30.3. The highest BCUT2D eigenvalue weighted by atomic mass is 35.5. The van der Waals surface area contributed by atoms with Gasteiger partial charge in [0.05, 0.1) is 22.1 Å². The molecule has 2 aromatic rings. The summed E-state index contributed by atoms with van der Waals surface area (Å²) in [6.07, 6.45) is 10.1. The minimum absolute atomic E-state index is 0.0664. The van der Waals surface area contributed by atoms with Gasteiger partial charge in [0.15, 0.2) is 0 Å². The first-order valence-corrected chi connectivity index (χ1v) is 20.5. The van der Waals surface area contributed by atoms with Gasteiger partial charge in [0.1, 0.15) is 22.3 Å². The predicted octanol–water partition coefficient (Wildman–Crippen LogP) is 7.61. The Morgan fingerprint density at radius 2 is 1.93 bits per heavy atom. The maximum atomic E-state index is 13.4. The standard InChI is InChI=1S/C36H47ClN2O4S3/c1-4-7-25-18-29(37)11-12-30(25)28-21-39-20-27-9-13-31(27)36(41,35-44-16-6-17-45-35)15-5-8-23(2)24(3)46(42)38-34(40)26-10-14-33(43-22-28)32(39)19-26/h5,10-12,14-15,18-19,23-24,27-28,31,35,41H,4,6-9,13,16-17,20-22H2,1-3H3,(H,38,40)/b15-5+. The largest absolute Gasteiger partial charge is 0.491 e. The molecule has 0 spiro atoms. The molecule has 6 nitrogen and oxygen atoms in total. The summed E-state index contributed by atoms with van der Waals surface area (Å²) in [5.74, 6) is 3.14. The molecule has 1 saturated heterocycles. The molecule has 2 bridgehead atoms. The molecule has 250 valence electrons. The Balaban J connectivity index is 1.40. The minimum atomic E-state index is -1.55. The smallest absolute Gasteiger partial charge is 0.263 e. The first-order valence-electron chi connectivity index (χ1n) is 16.8. The second kappa shape index (κ2) is 14.9. The summed E-state index contributed by atoms with van der Waals surface area (Å²) in [5, 5.41) is 13.1. The average molecular weight is 703 g/mol. The van der Waals surface area contributed by atoms with Crippen molar-refractivity contribution >= 4 is 57.7 Å². The predicted molar refractivity (Wildman–Crippen MR) is 195 cm³/mol. The van der Waals surface area contributed by atoms with Crippen molar-refractivity contribution < 1.29 is 18.8 Å². The number of ether oxygens (including phenoxy) is 1. The molecule has 7 atom stereocenters. The summed E-state index contributed by atoms with van der Waals surface area (Å²) in [5.41, 5.74) is 2.93. The Kier molecular flexibility index (Phi) is 11.0. The molecule has 2 N–H and O–H groups in total. The van der Waals surface area contributed by atoms with Crippen molar-refractivity contribution in [3.63, 3.8) is 0 Å². The summed E-state index contributed by atoms with van der Waals surface area (Å²) in [4.78, 5) is 15.8. The number of amides is 1. The zero-order valence-electron chi connectivity index (χ0n) is 27.1. The SMILES string of the molecule is CCCc1cc(Cl)ccc1C1COc2ccc3cc2N(C1)CC1CCC1C(O)(C1SCCCS1)/C=C/CC(C)C(C)S(=O)NC3=O. The van der Waals surface area contributed by atoms with Crippen LogP contribution in [0, 0.1) is 17.8 Å². The number of carbonyl (C=O) groups excluding carboxylic acids is 1. The van der Waals surface area contributed by atoms with Crippen LogP contribution >= 0.6 is 35.1 Å². The van der Waals surface area contributed by atoms with E-state index in [1.807, 2.05) is 48.6 Å². The Morgan fingerprint density at radius 3 is 2.67 bits per heavy atom. The summed E-state index contributed by atoms with van der Waals surface area (Å²) >= 11 is 10.2. The van der Waals surface area contributed by atoms with Gasteiger partial charge in [-0.1, -0.05) is 50.1 Å². The number of allylic oxidation sites excluding steroid dienone is 1. The van der Waals surface area contributed by atoms with E-state index in [-0.39, 0.29) is 33.5 Å². The third-order valence-corrected chi connectivity index (χ3v) is 15.4. The number of anilines is 1. The lowest BCUT2D eigenvalue weighted by atomic mass is 9.64. The van der Waals surface area contributed by atoms with Crippen LogP contribution in [0.3, 0.4) is 0 Å². The highest BCUT2D eigenvalue weighted by molar-refractivity contribution is 8.17. The topological polar surface area (TPSA) is 78.9 Å². The first kappa shape index (κ1) is 34.2. The van der Waals surface area contributed by atoms with Gasteiger partial charge >= 0.3 is 0 Å². The second-order valence-corrected chi connectivity index (χ2v) is 18.2. The molecule has 0 radical (unpaired) electrons. The molecule has 3 heterocycles. The number of hydrogen-bond donors (Lipinski definition) is 2. The van der Waals surface area contributed by atoms with E-state index in [1.54, 1.807) is 6.07 Å². The van der Waals surface area contributed by atoms with E-state index in [1.165, 1.54) is 17.5 Å². The Hall–Kier alpha value is -1.65. The quantitative estimate of drug-likeness (QED) is 0.318. The Bertz CT molecular complexity index is 1470. The fourth-order valence-electron chi connectivity index (χ4n) is 7.38. The molecule has 0 aromatic heterocycles. The van der Waals surface area contributed by atoms with Crippen molar-refractivity contribution in [1.29, 1.82) is 0 Å². The molecule has 10 heteroatoms. The van der Waals surface area contributed by atoms with Crippen LogP contribution in [0.25, 0.3) is 0 Å². The van der Waals surface area contributed by atoms with Gasteiger partial charge in [-0.25, -0.2) is 4.21 Å². The molecule has 6 rings (SSSR count). The number of benzene rings is 2. The fourth-order valence-corrected chi connectivity index (χ4v) is 11.8. The molecule has 7 unspecified atom stereocenters. The van der Waals surface area contributed by atoms with Crippen molar-refractivity contribution in [3.05, 3.63) is 70.3 Å². The summed E-state index contributed by atoms with van der Waals surface area (Å²) in [7, 11) is -1.55. The fraction of sp³-hybridized carbons (Fsp3) is 0.583. The molecule has 46 heavy (non-hydrogen) atoms. The van der Waals surface area contributed by atoms with E-state index in [0.29, 0.717) is 24.5 Å². The van der Waals surface area contributed by atoms with Gasteiger partial charge in [-0.3, -0.25) is 9.52 Å². The number of thioether (sulfide) groups is 2. The van der Waals surface area contributed by atoms with Gasteiger partial charge in [-0.2, -0.15) is 0 Å². The molecule has 1 aliphatic carbocycles. The van der Waals surface area contributed by atoms with E-state index in [2.05, 4.69) is 47.8 Å². The molecule has 2 aromatic carbocycles. The van der Waals surface area contributed by atoms with E-state index in [0.717, 1.165) is 66.7 Å². The molecule has 1 saturated carbocycles. The lowest BCUT2D eigenvalue weighted by Crippen LogP contribution is -2.54. The zero-order chi connectivity index (χ0) is 32.4. The first-order chi connectivity index (χ1) is 22.2. The lowest BCUT2D eigenvalue weighted by molar-refractivity contribution is -0.0331. The number of rotatable bonds is 4. The Labute approximate surface area is 290 Å². The number of aryl methyl sites for hydroxylation is 1. The van der Waals surface area contributed by atoms with Crippen LogP contribution < -0.4 is 14.4 Å². The second-order valence-electron chi connectivity index (χ2n) is 13.5. The average Bonchev–Trinajstić information content (AvgIpc) is 3.21.